The monoisotopic (exact) mass is 621 g/mol. The lowest BCUT2D eigenvalue weighted by molar-refractivity contribution is -0.658. The van der Waals surface area contributed by atoms with Crippen molar-refractivity contribution in [1.29, 1.82) is 0 Å². The first-order valence-electron chi connectivity index (χ1n) is 14.4. The zero-order valence-corrected chi connectivity index (χ0v) is 26.0. The van der Waals surface area contributed by atoms with E-state index >= 15 is 0 Å². The number of aliphatic hydroxyl groups is 2. The van der Waals surface area contributed by atoms with E-state index in [1.807, 2.05) is 13.8 Å². The number of carbonyl (C=O) groups excluding carboxylic acids is 1. The van der Waals surface area contributed by atoms with E-state index in [1.54, 1.807) is 55.8 Å². The van der Waals surface area contributed by atoms with Crippen molar-refractivity contribution in [2.24, 2.45) is 18.9 Å². The first kappa shape index (κ1) is 32.8. The van der Waals surface area contributed by atoms with Gasteiger partial charge in [0.1, 0.15) is 36.4 Å². The maximum Gasteiger partial charge on any atom is 0.459 e. The van der Waals surface area contributed by atoms with Gasteiger partial charge in [-0.3, -0.25) is 13.9 Å². The smallest absolute Gasteiger partial charge is 0.459 e. The standard InChI is InChI=1S/C28H41N6O8P/c1-6-18(7-2)13-39-28(37)21(17(3)4)32-43(38,42-19-11-9-8-10-12-19)40-14-20-23(35)24(36)27(41-20)34-16-30-22-25(29)33(5)15-31-26(22)34/h8-12,15-18,20-21,23-24,27,29,35-36H,6-7,13-14H2,1-5H3,(H,32,38)/p+1/t20-,21?,23+,24?,27-,43?/m1/s1. The van der Waals surface area contributed by atoms with E-state index in [0.29, 0.717) is 17.0 Å². The van der Waals surface area contributed by atoms with E-state index in [4.69, 9.17) is 24.3 Å². The van der Waals surface area contributed by atoms with Gasteiger partial charge in [-0.1, -0.05) is 63.7 Å². The molecule has 15 heteroatoms. The number of benzene rings is 1. The molecule has 0 bridgehead atoms. The predicted molar refractivity (Wildman–Crippen MR) is 156 cm³/mol. The Labute approximate surface area is 250 Å². The van der Waals surface area contributed by atoms with Crippen LogP contribution < -0.4 is 19.9 Å². The Bertz CT molecular complexity index is 1420. The number of nitrogens with two attached hydrogens (primary N) is 1. The minimum absolute atomic E-state index is 0.211. The molecule has 3 unspecified atom stereocenters. The fraction of sp³-hybridized carbons (Fsp3) is 0.571. The number of aromatic nitrogens is 4. The number of hydrogen-bond donors (Lipinski definition) is 4. The first-order valence-corrected chi connectivity index (χ1v) is 15.9. The maximum atomic E-state index is 14.1. The van der Waals surface area contributed by atoms with Crippen molar-refractivity contribution in [3.8, 4) is 5.75 Å². The number of ether oxygens (including phenoxy) is 2. The van der Waals surface area contributed by atoms with Crippen molar-refractivity contribution in [3.05, 3.63) is 43.0 Å². The summed E-state index contributed by atoms with van der Waals surface area (Å²) in [5.41, 5.74) is 6.84. The fourth-order valence-electron chi connectivity index (χ4n) is 4.66. The number of aryl methyl sites for hydroxylation is 1. The Morgan fingerprint density at radius 2 is 1.88 bits per heavy atom. The van der Waals surface area contributed by atoms with Gasteiger partial charge in [0.15, 0.2) is 11.7 Å². The third-order valence-electron chi connectivity index (χ3n) is 7.57. The molecule has 5 N–H and O–H groups in total. The molecule has 0 radical (unpaired) electrons. The quantitative estimate of drug-likeness (QED) is 0.117. The van der Waals surface area contributed by atoms with Crippen molar-refractivity contribution in [3.63, 3.8) is 0 Å². The Morgan fingerprint density at radius 3 is 2.53 bits per heavy atom. The van der Waals surface area contributed by atoms with Gasteiger partial charge < -0.3 is 29.9 Å². The van der Waals surface area contributed by atoms with Crippen LogP contribution in [-0.2, 0) is 30.4 Å². The molecule has 0 aliphatic carbocycles. The van der Waals surface area contributed by atoms with E-state index in [2.05, 4.69) is 15.1 Å². The molecule has 43 heavy (non-hydrogen) atoms. The molecule has 1 aliphatic heterocycles. The zero-order valence-electron chi connectivity index (χ0n) is 25.1. The summed E-state index contributed by atoms with van der Waals surface area (Å²) in [7, 11) is -2.55. The summed E-state index contributed by atoms with van der Waals surface area (Å²) in [6, 6.07) is 7.33. The lowest BCUT2D eigenvalue weighted by Crippen LogP contribution is -2.42. The normalized spacial score (nSPS) is 22.6. The number of imidazole rings is 1. The van der Waals surface area contributed by atoms with Crippen LogP contribution >= 0.6 is 7.75 Å². The number of nitrogens with one attached hydrogen (secondary N) is 1. The number of para-hydroxylation sites is 1. The molecule has 0 amide bonds. The van der Waals surface area contributed by atoms with Crippen LogP contribution in [0.5, 0.6) is 5.75 Å². The Kier molecular flexibility index (Phi) is 10.8. The average molecular weight is 622 g/mol. The van der Waals surface area contributed by atoms with Gasteiger partial charge in [0, 0.05) is 0 Å². The Balaban J connectivity index is 1.52. The van der Waals surface area contributed by atoms with Crippen LogP contribution in [0.1, 0.15) is 46.8 Å². The minimum Gasteiger partial charge on any atom is -0.464 e. The Morgan fingerprint density at radius 1 is 1.19 bits per heavy atom. The molecule has 3 heterocycles. The van der Waals surface area contributed by atoms with Gasteiger partial charge in [-0.05, 0) is 24.0 Å². The highest BCUT2D eigenvalue weighted by atomic mass is 31.2. The summed E-state index contributed by atoms with van der Waals surface area (Å²) in [6.45, 7) is 7.41. The van der Waals surface area contributed by atoms with E-state index in [1.165, 1.54) is 17.2 Å². The molecular formula is C28H42N6O8P+. The van der Waals surface area contributed by atoms with E-state index in [9.17, 15) is 19.6 Å². The number of nitrogens with zero attached hydrogens (tertiary/aromatic N) is 4. The number of anilines is 1. The van der Waals surface area contributed by atoms with Gasteiger partial charge in [-0.2, -0.15) is 5.09 Å². The molecule has 14 nitrogen and oxygen atoms in total. The van der Waals surface area contributed by atoms with Crippen LogP contribution in [0, 0.1) is 11.8 Å². The van der Waals surface area contributed by atoms with Gasteiger partial charge >= 0.3 is 13.7 Å². The van der Waals surface area contributed by atoms with Gasteiger partial charge in [0.05, 0.1) is 20.3 Å². The van der Waals surface area contributed by atoms with Gasteiger partial charge in [0.25, 0.3) is 5.82 Å². The molecule has 1 saturated heterocycles. The molecule has 3 aromatic rings. The third-order valence-corrected chi connectivity index (χ3v) is 9.10. The molecule has 0 spiro atoms. The van der Waals surface area contributed by atoms with Crippen LogP contribution in [0.2, 0.25) is 0 Å². The number of fused-ring (bicyclic) bond motifs is 1. The van der Waals surface area contributed by atoms with Gasteiger partial charge in [-0.15, -0.1) is 0 Å². The highest BCUT2D eigenvalue weighted by Crippen LogP contribution is 2.46. The zero-order chi connectivity index (χ0) is 31.3. The van der Waals surface area contributed by atoms with Crippen LogP contribution in [0.25, 0.3) is 11.2 Å². The van der Waals surface area contributed by atoms with Crippen molar-refractivity contribution in [2.45, 2.75) is 71.1 Å². The SMILES string of the molecule is CCC(CC)COC(=O)C(NP(=O)(OC[C@H]1O[C@@H](n2cnc3c(N)[n+](C)cnc32)C(O)[C@H]1O)Oc1ccccc1)C(C)C. The second kappa shape index (κ2) is 14.1. The average Bonchev–Trinajstić information content (AvgIpc) is 3.54. The number of esters is 1. The molecule has 1 fully saturated rings. The van der Waals surface area contributed by atoms with E-state index < -0.39 is 50.9 Å². The molecule has 6 atom stereocenters. The number of aliphatic hydroxyl groups excluding tert-OH is 2. The predicted octanol–water partition coefficient (Wildman–Crippen LogP) is 2.25. The van der Waals surface area contributed by atoms with E-state index in [-0.39, 0.29) is 24.2 Å². The Hall–Kier alpha value is -3.13. The number of hydrogen-bond acceptors (Lipinski definition) is 11. The molecule has 236 valence electrons. The number of carbonyl (C=O) groups is 1. The van der Waals surface area contributed by atoms with Crippen LogP contribution in [0.15, 0.2) is 43.0 Å². The van der Waals surface area contributed by atoms with Crippen molar-refractivity contribution in [1.82, 2.24) is 19.6 Å². The number of rotatable bonds is 14. The molecule has 1 aliphatic rings. The molecule has 4 rings (SSSR count). The van der Waals surface area contributed by atoms with Gasteiger partial charge in [-0.25, -0.2) is 14.1 Å². The lowest BCUT2D eigenvalue weighted by Gasteiger charge is -2.28. The molecule has 2 aromatic heterocycles. The highest BCUT2D eigenvalue weighted by molar-refractivity contribution is 7.52. The summed E-state index contributed by atoms with van der Waals surface area (Å²) >= 11 is 0. The summed E-state index contributed by atoms with van der Waals surface area (Å²) in [5, 5.41) is 24.5. The van der Waals surface area contributed by atoms with Crippen LogP contribution in [0.4, 0.5) is 5.82 Å². The second-order valence-electron chi connectivity index (χ2n) is 11.0. The highest BCUT2D eigenvalue weighted by Gasteiger charge is 2.46. The summed E-state index contributed by atoms with van der Waals surface area (Å²) < 4.78 is 40.3. The summed E-state index contributed by atoms with van der Waals surface area (Å²) in [6.07, 6.45) is -0.404. The van der Waals surface area contributed by atoms with Crippen LogP contribution in [0.3, 0.4) is 0 Å². The van der Waals surface area contributed by atoms with Gasteiger partial charge in [0.2, 0.25) is 12.0 Å². The maximum absolute atomic E-state index is 14.1. The topological polar surface area (TPSA) is 184 Å². The molecular weight excluding hydrogens is 579 g/mol. The molecule has 1 aromatic carbocycles. The van der Waals surface area contributed by atoms with E-state index in [0.717, 1.165) is 12.8 Å². The van der Waals surface area contributed by atoms with Crippen molar-refractivity contribution >= 4 is 30.7 Å². The largest absolute Gasteiger partial charge is 0.464 e. The first-order chi connectivity index (χ1) is 20.5. The van der Waals surface area contributed by atoms with Crippen LogP contribution in [-0.4, -0.2) is 68.3 Å². The lowest BCUT2D eigenvalue weighted by atomic mass is 10.0. The fourth-order valence-corrected chi connectivity index (χ4v) is 6.32. The minimum atomic E-state index is -4.27. The second-order valence-corrected chi connectivity index (χ2v) is 12.7. The van der Waals surface area contributed by atoms with Crippen molar-refractivity contribution < 1.29 is 42.7 Å². The van der Waals surface area contributed by atoms with Crippen molar-refractivity contribution in [2.75, 3.05) is 18.9 Å². The number of nitrogen functional groups attached to an aromatic ring is 1. The summed E-state index contributed by atoms with van der Waals surface area (Å²) in [4.78, 5) is 21.7. The third kappa shape index (κ3) is 7.51. The summed E-state index contributed by atoms with van der Waals surface area (Å²) in [5.74, 6) is -0.107. The molecule has 0 saturated carbocycles.